The smallest absolute Gasteiger partial charge is 0.408 e. The molecule has 242 valence electrons. The summed E-state index contributed by atoms with van der Waals surface area (Å²) in [5.74, 6) is -4.46. The largest absolute Gasteiger partial charge is 0.480 e. The van der Waals surface area contributed by atoms with Crippen molar-refractivity contribution in [1.29, 1.82) is 0 Å². The van der Waals surface area contributed by atoms with E-state index in [1.807, 2.05) is 30.3 Å². The van der Waals surface area contributed by atoms with Gasteiger partial charge in [0, 0.05) is 36.7 Å². The molecule has 5 rings (SSSR count). The zero-order valence-electron chi connectivity index (χ0n) is 24.7. The third kappa shape index (κ3) is 7.97. The highest BCUT2D eigenvalue weighted by atomic mass is 32.1. The maximum atomic E-state index is 16.1. The fourth-order valence-corrected chi connectivity index (χ4v) is 5.47. The molecule has 0 aliphatic carbocycles. The number of nitrogens with zero attached hydrogens (tertiary/aromatic N) is 2. The quantitative estimate of drug-likeness (QED) is 0.154. The van der Waals surface area contributed by atoms with Crippen LogP contribution in [0.25, 0.3) is 10.9 Å². The number of carbonyl (C=O) groups excluding carboxylic acids is 2. The van der Waals surface area contributed by atoms with E-state index in [2.05, 4.69) is 15.6 Å². The van der Waals surface area contributed by atoms with Gasteiger partial charge in [-0.1, -0.05) is 60.7 Å². The number of carboxylic acid groups (broad SMARTS) is 1. The Bertz CT molecular complexity index is 1980. The first-order chi connectivity index (χ1) is 22.6. The van der Waals surface area contributed by atoms with Gasteiger partial charge >= 0.3 is 12.1 Å². The first-order valence-corrected chi connectivity index (χ1v) is 15.2. The van der Waals surface area contributed by atoms with Crippen molar-refractivity contribution in [3.05, 3.63) is 128 Å². The summed E-state index contributed by atoms with van der Waals surface area (Å²) in [5.41, 5.74) is 5.65. The molecule has 0 saturated heterocycles. The average molecular weight is 662 g/mol. The number of hydrogen-bond donors (Lipinski definition) is 4. The molecule has 0 bridgehead atoms. The molecule has 1 unspecified atom stereocenters. The highest BCUT2D eigenvalue weighted by Crippen LogP contribution is 2.26. The van der Waals surface area contributed by atoms with Crippen LogP contribution in [-0.4, -0.2) is 45.2 Å². The van der Waals surface area contributed by atoms with Crippen LogP contribution in [0.4, 0.5) is 18.7 Å². The van der Waals surface area contributed by atoms with Crippen molar-refractivity contribution >= 4 is 45.3 Å². The number of carbonyl (C=O) groups is 3. The van der Waals surface area contributed by atoms with Crippen LogP contribution < -0.4 is 21.8 Å². The van der Waals surface area contributed by atoms with Crippen molar-refractivity contribution in [2.45, 2.75) is 32.0 Å². The Morgan fingerprint density at radius 1 is 1.04 bits per heavy atom. The Balaban J connectivity index is 1.41. The second-order valence-electron chi connectivity index (χ2n) is 10.5. The van der Waals surface area contributed by atoms with E-state index in [1.54, 1.807) is 35.7 Å². The maximum absolute atomic E-state index is 16.1. The van der Waals surface area contributed by atoms with Crippen LogP contribution in [-0.2, 0) is 35.5 Å². The summed E-state index contributed by atoms with van der Waals surface area (Å²) in [6.45, 7) is -0.620. The first-order valence-electron chi connectivity index (χ1n) is 14.4. The summed E-state index contributed by atoms with van der Waals surface area (Å²) < 4.78 is 37.8. The van der Waals surface area contributed by atoms with Crippen molar-refractivity contribution in [2.24, 2.45) is 0 Å². The number of amides is 2. The number of benzene rings is 3. The van der Waals surface area contributed by atoms with Gasteiger partial charge in [0.15, 0.2) is 10.9 Å². The minimum atomic E-state index is -1.61. The predicted molar refractivity (Wildman–Crippen MR) is 171 cm³/mol. The molecule has 0 aliphatic rings. The molecule has 5 N–H and O–H groups in total. The van der Waals surface area contributed by atoms with Gasteiger partial charge in [0.1, 0.15) is 24.0 Å². The number of fused-ring (bicyclic) bond motifs is 1. The normalized spacial score (nSPS) is 11.6. The number of nitrogen functional groups attached to an aromatic ring is 1. The van der Waals surface area contributed by atoms with E-state index >= 15 is 8.78 Å². The van der Waals surface area contributed by atoms with Crippen molar-refractivity contribution in [3.8, 4) is 0 Å². The van der Waals surface area contributed by atoms with Crippen LogP contribution in [0.2, 0.25) is 0 Å². The summed E-state index contributed by atoms with van der Waals surface area (Å²) in [6.07, 6.45) is 0.288. The monoisotopic (exact) mass is 661 g/mol. The molecule has 0 aliphatic heterocycles. The Kier molecular flexibility index (Phi) is 10.2. The molecule has 14 heteroatoms. The van der Waals surface area contributed by atoms with Gasteiger partial charge in [0.2, 0.25) is 5.43 Å². The lowest BCUT2D eigenvalue weighted by Crippen LogP contribution is -2.49. The minimum absolute atomic E-state index is 0.110. The fourth-order valence-electron chi connectivity index (χ4n) is 4.90. The first kappa shape index (κ1) is 32.8. The molecular weight excluding hydrogens is 632 g/mol. The average Bonchev–Trinajstić information content (AvgIpc) is 3.48. The molecule has 3 aromatic carbocycles. The third-order valence-electron chi connectivity index (χ3n) is 7.27. The summed E-state index contributed by atoms with van der Waals surface area (Å²) in [7, 11) is 0. The predicted octanol–water partition coefficient (Wildman–Crippen LogP) is 4.26. The Hall–Kier alpha value is -5.63. The molecule has 11 nitrogen and oxygen atoms in total. The number of rotatable bonds is 12. The SMILES string of the molecule is Nc1nc(Cc2c(F)cc3c(=O)c(C(=O)NCC(NC(=O)OCc4ccccc4)C(=O)O)cn(CCc4ccccc4)c3c2F)cs1. The number of nitrogens with one attached hydrogen (secondary N) is 2. The topological polar surface area (TPSA) is 166 Å². The summed E-state index contributed by atoms with van der Waals surface area (Å²) >= 11 is 1.12. The van der Waals surface area contributed by atoms with Gasteiger partial charge in [-0.05, 0) is 23.6 Å². The molecule has 2 amide bonds. The number of halogens is 2. The van der Waals surface area contributed by atoms with E-state index in [-0.39, 0.29) is 41.2 Å². The van der Waals surface area contributed by atoms with Crippen LogP contribution in [0.3, 0.4) is 0 Å². The second-order valence-corrected chi connectivity index (χ2v) is 11.4. The van der Waals surface area contributed by atoms with Crippen molar-refractivity contribution < 1.29 is 33.0 Å². The molecule has 0 saturated carbocycles. The number of alkyl carbamates (subject to hydrolysis) is 1. The van der Waals surface area contributed by atoms with Gasteiger partial charge in [-0.3, -0.25) is 9.59 Å². The summed E-state index contributed by atoms with van der Waals surface area (Å²) in [5, 5.41) is 15.6. The standard InChI is InChI=1S/C33H29F2N5O6S/c34-25-14-23-28(27(35)22(25)13-21-18-47-32(36)38-21)40(12-11-19-7-3-1-4-8-19)16-24(29(23)41)30(42)37-15-26(31(43)44)39-33(45)46-17-20-9-5-2-6-10-20/h1-10,14,16,18,26H,11-13,15,17H2,(H2,36,38)(H,37,42)(H,39,45)(H,43,44). The van der Waals surface area contributed by atoms with Gasteiger partial charge in [-0.15, -0.1) is 11.3 Å². The molecule has 47 heavy (non-hydrogen) atoms. The fraction of sp³-hybridized carbons (Fsp3) is 0.182. The van der Waals surface area contributed by atoms with Gasteiger partial charge in [0.25, 0.3) is 5.91 Å². The molecule has 0 fully saturated rings. The van der Waals surface area contributed by atoms with Crippen LogP contribution in [0.15, 0.2) is 83.1 Å². The number of hydrogen-bond acceptors (Lipinski definition) is 8. The van der Waals surface area contributed by atoms with Crippen LogP contribution in [0, 0.1) is 11.6 Å². The highest BCUT2D eigenvalue weighted by molar-refractivity contribution is 7.13. The van der Waals surface area contributed by atoms with E-state index in [0.717, 1.165) is 29.2 Å². The highest BCUT2D eigenvalue weighted by Gasteiger charge is 2.25. The number of anilines is 1. The molecule has 2 heterocycles. The molecule has 2 aromatic heterocycles. The number of thiazole rings is 1. The van der Waals surface area contributed by atoms with Crippen molar-refractivity contribution in [3.63, 3.8) is 0 Å². The van der Waals surface area contributed by atoms with Crippen molar-refractivity contribution in [1.82, 2.24) is 20.2 Å². The number of nitrogens with two attached hydrogens (primary N) is 1. The zero-order chi connectivity index (χ0) is 33.5. The van der Waals surface area contributed by atoms with Gasteiger partial charge in [-0.2, -0.15) is 0 Å². The van der Waals surface area contributed by atoms with E-state index in [4.69, 9.17) is 10.5 Å². The molecule has 1 atom stereocenters. The Morgan fingerprint density at radius 2 is 1.72 bits per heavy atom. The van der Waals surface area contributed by atoms with Gasteiger partial charge in [-0.25, -0.2) is 23.4 Å². The summed E-state index contributed by atoms with van der Waals surface area (Å²) in [4.78, 5) is 54.9. The van der Waals surface area contributed by atoms with Crippen LogP contribution in [0.5, 0.6) is 0 Å². The van der Waals surface area contributed by atoms with E-state index < -0.39 is 53.2 Å². The lowest BCUT2D eigenvalue weighted by Gasteiger charge is -2.18. The van der Waals surface area contributed by atoms with Gasteiger partial charge < -0.3 is 30.8 Å². The van der Waals surface area contributed by atoms with Gasteiger partial charge in [0.05, 0.1) is 16.6 Å². The number of carboxylic acids is 1. The Morgan fingerprint density at radius 3 is 2.36 bits per heavy atom. The number of aliphatic carboxylic acids is 1. The van der Waals surface area contributed by atoms with E-state index in [9.17, 15) is 24.3 Å². The molecule has 5 aromatic rings. The van der Waals surface area contributed by atoms with Crippen LogP contribution >= 0.6 is 11.3 Å². The van der Waals surface area contributed by atoms with E-state index in [1.165, 1.54) is 4.57 Å². The van der Waals surface area contributed by atoms with Crippen LogP contribution in [0.1, 0.15) is 32.7 Å². The molecule has 0 spiro atoms. The second kappa shape index (κ2) is 14.6. The number of pyridine rings is 1. The number of aryl methyl sites for hydroxylation is 2. The summed E-state index contributed by atoms with van der Waals surface area (Å²) in [6, 6.07) is 17.2. The number of ether oxygens (including phenoxy) is 1. The van der Waals surface area contributed by atoms with E-state index in [0.29, 0.717) is 17.7 Å². The molecular formula is C33H29F2N5O6S. The zero-order valence-corrected chi connectivity index (χ0v) is 25.6. The minimum Gasteiger partial charge on any atom is -0.480 e. The molecule has 0 radical (unpaired) electrons. The number of aromatic nitrogens is 2. The van der Waals surface area contributed by atoms with Crippen molar-refractivity contribution in [2.75, 3.05) is 12.3 Å². The lowest BCUT2D eigenvalue weighted by atomic mass is 10.0. The third-order valence-corrected chi connectivity index (χ3v) is 8.00. The Labute approximate surface area is 270 Å². The maximum Gasteiger partial charge on any atom is 0.408 e. The lowest BCUT2D eigenvalue weighted by molar-refractivity contribution is -0.139.